The van der Waals surface area contributed by atoms with Crippen molar-refractivity contribution in [3.63, 3.8) is 0 Å². The van der Waals surface area contributed by atoms with Crippen molar-refractivity contribution in [1.82, 2.24) is 9.97 Å². The lowest BCUT2D eigenvalue weighted by Gasteiger charge is -2.18. The van der Waals surface area contributed by atoms with Gasteiger partial charge in [0.1, 0.15) is 23.0 Å². The Balaban J connectivity index is 2.49. The van der Waals surface area contributed by atoms with Gasteiger partial charge in [0.2, 0.25) is 0 Å². The fraction of sp³-hybridized carbons (Fsp3) is 0.308. The van der Waals surface area contributed by atoms with Crippen LogP contribution < -0.4 is 0 Å². The molecule has 0 radical (unpaired) electrons. The number of carbonyl (C=O) groups is 1. The monoisotopic (exact) mass is 321 g/mol. The Hall–Kier alpha value is -1.87. The number of carbonyl (C=O) groups excluding carboxylic acids is 1. The van der Waals surface area contributed by atoms with E-state index in [1.807, 2.05) is 0 Å². The van der Waals surface area contributed by atoms with Crippen molar-refractivity contribution in [3.05, 3.63) is 28.0 Å². The molecule has 2 aromatic heterocycles. The summed E-state index contributed by atoms with van der Waals surface area (Å²) >= 11 is 3.26. The molecule has 6 heteroatoms. The Morgan fingerprint density at radius 2 is 2.21 bits per heavy atom. The molecule has 0 unspecified atom stereocenters. The Labute approximate surface area is 118 Å². The van der Waals surface area contributed by atoms with Crippen molar-refractivity contribution >= 4 is 32.9 Å². The number of nitrogens with one attached hydrogen (secondary N) is 1. The summed E-state index contributed by atoms with van der Waals surface area (Å²) in [6.45, 7) is 5.38. The van der Waals surface area contributed by atoms with E-state index in [1.165, 1.54) is 6.20 Å². The molecule has 0 spiro atoms. The number of hydrogen-bond donors (Lipinski definition) is 1. The first-order valence-corrected chi connectivity index (χ1v) is 6.42. The number of halogens is 1. The van der Waals surface area contributed by atoms with Gasteiger partial charge in [-0.25, -0.2) is 9.78 Å². The maximum atomic E-state index is 11.9. The van der Waals surface area contributed by atoms with Crippen molar-refractivity contribution in [2.24, 2.45) is 0 Å². The Morgan fingerprint density at radius 3 is 2.79 bits per heavy atom. The number of aromatic nitrogens is 2. The average molecular weight is 322 g/mol. The van der Waals surface area contributed by atoms with Crippen LogP contribution in [0.2, 0.25) is 0 Å². The molecule has 0 fully saturated rings. The highest BCUT2D eigenvalue weighted by molar-refractivity contribution is 9.10. The van der Waals surface area contributed by atoms with Crippen LogP contribution in [0.3, 0.4) is 0 Å². The topological polar surface area (TPSA) is 78.8 Å². The van der Waals surface area contributed by atoms with Crippen LogP contribution >= 0.6 is 15.9 Å². The zero-order valence-electron chi connectivity index (χ0n) is 10.7. The maximum absolute atomic E-state index is 11.9. The minimum absolute atomic E-state index is 0.284. The molecule has 0 aliphatic heterocycles. The third kappa shape index (κ3) is 2.76. The highest BCUT2D eigenvalue weighted by atomic mass is 79.9. The summed E-state index contributed by atoms with van der Waals surface area (Å²) in [6.07, 6.45) is 1.52. The minimum atomic E-state index is -0.569. The number of nitriles is 1. The third-order valence-corrected chi connectivity index (χ3v) is 2.94. The van der Waals surface area contributed by atoms with E-state index < -0.39 is 11.6 Å². The molecular formula is C13H12BrN3O2. The second kappa shape index (κ2) is 4.67. The number of aromatic amines is 1. The van der Waals surface area contributed by atoms with Crippen molar-refractivity contribution in [2.75, 3.05) is 0 Å². The minimum Gasteiger partial charge on any atom is -0.455 e. The first kappa shape index (κ1) is 13.6. The largest absolute Gasteiger partial charge is 0.455 e. The molecule has 98 valence electrons. The molecule has 0 aliphatic carbocycles. The zero-order valence-corrected chi connectivity index (χ0v) is 12.3. The van der Waals surface area contributed by atoms with E-state index in [2.05, 4.69) is 32.0 Å². The zero-order chi connectivity index (χ0) is 14.2. The molecule has 0 aliphatic rings. The first-order chi connectivity index (χ1) is 8.81. The number of H-pyrrole nitrogens is 1. The fourth-order valence-corrected chi connectivity index (χ4v) is 2.01. The highest BCUT2D eigenvalue weighted by Gasteiger charge is 2.20. The number of fused-ring (bicyclic) bond motifs is 1. The van der Waals surface area contributed by atoms with Gasteiger partial charge in [-0.15, -0.1) is 0 Å². The second-order valence-corrected chi connectivity index (χ2v) is 5.89. The van der Waals surface area contributed by atoms with E-state index >= 15 is 0 Å². The molecule has 0 aromatic carbocycles. The predicted octanol–water partition coefficient (Wildman–Crippen LogP) is 3.15. The summed E-state index contributed by atoms with van der Waals surface area (Å²) < 4.78 is 5.86. The molecule has 5 nitrogen and oxygen atoms in total. The summed E-state index contributed by atoms with van der Waals surface area (Å²) in [5.74, 6) is -0.467. The molecule has 2 aromatic rings. The highest BCUT2D eigenvalue weighted by Crippen LogP contribution is 2.25. The summed E-state index contributed by atoms with van der Waals surface area (Å²) in [5, 5.41) is 9.71. The smallest absolute Gasteiger partial charge is 0.355 e. The summed E-state index contributed by atoms with van der Waals surface area (Å²) in [4.78, 5) is 18.9. The van der Waals surface area contributed by atoms with Crippen LogP contribution in [0.15, 0.2) is 16.7 Å². The molecule has 0 saturated heterocycles. The molecule has 2 rings (SSSR count). The number of esters is 1. The maximum Gasteiger partial charge on any atom is 0.355 e. The molecule has 0 amide bonds. The lowest BCUT2D eigenvalue weighted by molar-refractivity contribution is 0.00638. The lowest BCUT2D eigenvalue weighted by atomic mass is 10.2. The standard InChI is InChI=1S/C13H12BrN3O2/c1-13(2,3)19-12(18)10-4-7-8(5-15)9(14)6-16-11(7)17-10/h4,6H,1-3H3,(H,16,17). The van der Waals surface area contributed by atoms with E-state index in [0.717, 1.165) is 0 Å². The quantitative estimate of drug-likeness (QED) is 0.818. The van der Waals surface area contributed by atoms with Gasteiger partial charge in [-0.05, 0) is 42.8 Å². The number of rotatable bonds is 1. The molecule has 19 heavy (non-hydrogen) atoms. The summed E-state index contributed by atoms with van der Waals surface area (Å²) in [7, 11) is 0. The summed E-state index contributed by atoms with van der Waals surface area (Å²) in [6, 6.07) is 3.66. The predicted molar refractivity (Wildman–Crippen MR) is 73.7 cm³/mol. The van der Waals surface area contributed by atoms with Gasteiger partial charge in [0.15, 0.2) is 0 Å². The Bertz CT molecular complexity index is 692. The van der Waals surface area contributed by atoms with E-state index in [9.17, 15) is 4.79 Å². The first-order valence-electron chi connectivity index (χ1n) is 5.62. The van der Waals surface area contributed by atoms with Crippen LogP contribution in [0.5, 0.6) is 0 Å². The van der Waals surface area contributed by atoms with Crippen molar-refractivity contribution < 1.29 is 9.53 Å². The van der Waals surface area contributed by atoms with Crippen molar-refractivity contribution in [1.29, 1.82) is 5.26 Å². The molecule has 2 heterocycles. The van der Waals surface area contributed by atoms with Crippen LogP contribution in [0.25, 0.3) is 11.0 Å². The summed E-state index contributed by atoms with van der Waals surface area (Å²) in [5.41, 5.74) is 0.643. The van der Waals surface area contributed by atoms with Crippen LogP contribution in [0, 0.1) is 11.3 Å². The van der Waals surface area contributed by atoms with Crippen LogP contribution in [-0.2, 0) is 4.74 Å². The van der Waals surface area contributed by atoms with Gasteiger partial charge < -0.3 is 9.72 Å². The number of pyridine rings is 1. The third-order valence-electron chi connectivity index (χ3n) is 2.34. The van der Waals surface area contributed by atoms with Crippen LogP contribution in [-0.4, -0.2) is 21.5 Å². The van der Waals surface area contributed by atoms with Crippen molar-refractivity contribution in [3.8, 4) is 6.07 Å². The Kier molecular flexibility index (Phi) is 3.33. The van der Waals surface area contributed by atoms with Gasteiger partial charge >= 0.3 is 5.97 Å². The van der Waals surface area contributed by atoms with E-state index in [4.69, 9.17) is 10.00 Å². The van der Waals surface area contributed by atoms with Gasteiger partial charge in [-0.2, -0.15) is 5.26 Å². The number of ether oxygens (including phenoxy) is 1. The molecule has 0 saturated carbocycles. The van der Waals surface area contributed by atoms with Gasteiger partial charge in [0.25, 0.3) is 0 Å². The molecule has 1 N–H and O–H groups in total. The fourth-order valence-electron chi connectivity index (χ4n) is 1.61. The molecular weight excluding hydrogens is 310 g/mol. The number of nitrogens with zero attached hydrogens (tertiary/aromatic N) is 2. The molecule has 0 bridgehead atoms. The van der Waals surface area contributed by atoms with Gasteiger partial charge in [-0.3, -0.25) is 0 Å². The number of hydrogen-bond acceptors (Lipinski definition) is 4. The van der Waals surface area contributed by atoms with Gasteiger partial charge in [-0.1, -0.05) is 0 Å². The van der Waals surface area contributed by atoms with Gasteiger partial charge in [0, 0.05) is 11.6 Å². The van der Waals surface area contributed by atoms with E-state index in [-0.39, 0.29) is 5.69 Å². The molecule has 0 atom stereocenters. The van der Waals surface area contributed by atoms with Crippen LogP contribution in [0.1, 0.15) is 36.8 Å². The van der Waals surface area contributed by atoms with Gasteiger partial charge in [0.05, 0.1) is 10.0 Å². The van der Waals surface area contributed by atoms with E-state index in [1.54, 1.807) is 26.8 Å². The normalized spacial score (nSPS) is 11.3. The van der Waals surface area contributed by atoms with Crippen molar-refractivity contribution in [2.45, 2.75) is 26.4 Å². The van der Waals surface area contributed by atoms with E-state index in [0.29, 0.717) is 21.1 Å². The second-order valence-electron chi connectivity index (χ2n) is 5.04. The van der Waals surface area contributed by atoms with Crippen LogP contribution in [0.4, 0.5) is 0 Å². The lowest BCUT2D eigenvalue weighted by Crippen LogP contribution is -2.24. The SMILES string of the molecule is CC(C)(C)OC(=O)c1cc2c(C#N)c(Br)cnc2[nH]1. The Morgan fingerprint density at radius 1 is 1.53 bits per heavy atom. The average Bonchev–Trinajstić information content (AvgIpc) is 2.70.